The number of nitrogens with two attached hydrogens (primary N) is 1. The molecule has 118 valence electrons. The Balaban J connectivity index is 2.09. The van der Waals surface area contributed by atoms with Crippen LogP contribution in [-0.2, 0) is 0 Å². The summed E-state index contributed by atoms with van der Waals surface area (Å²) in [5, 5.41) is 11.7. The summed E-state index contributed by atoms with van der Waals surface area (Å²) in [6.07, 6.45) is 1.71. The minimum Gasteiger partial charge on any atom is -0.493 e. The van der Waals surface area contributed by atoms with Crippen molar-refractivity contribution in [2.45, 2.75) is 26.9 Å². The SMILES string of the molecule is COc1cc(/C=N/Nc2nnc(C)n2N)ccc1OC(C)C. The van der Waals surface area contributed by atoms with Crippen LogP contribution in [0.5, 0.6) is 11.5 Å². The first kappa shape index (κ1) is 15.6. The number of aromatic nitrogens is 3. The predicted octanol–water partition coefficient (Wildman–Crippen LogP) is 1.54. The molecule has 1 aromatic carbocycles. The van der Waals surface area contributed by atoms with Gasteiger partial charge in [-0.15, -0.1) is 10.2 Å². The van der Waals surface area contributed by atoms with Crippen LogP contribution in [0, 0.1) is 6.92 Å². The highest BCUT2D eigenvalue weighted by Gasteiger charge is 2.07. The molecule has 0 fully saturated rings. The lowest BCUT2D eigenvalue weighted by atomic mass is 10.2. The Morgan fingerprint density at radius 3 is 2.68 bits per heavy atom. The molecule has 0 aliphatic carbocycles. The molecule has 0 amide bonds. The molecule has 2 aromatic rings. The number of hydrogen-bond donors (Lipinski definition) is 2. The van der Waals surface area contributed by atoms with E-state index in [2.05, 4.69) is 20.7 Å². The van der Waals surface area contributed by atoms with Crippen LogP contribution in [0.1, 0.15) is 25.2 Å². The van der Waals surface area contributed by atoms with Gasteiger partial charge in [0.1, 0.15) is 0 Å². The van der Waals surface area contributed by atoms with Crippen molar-refractivity contribution in [2.75, 3.05) is 18.4 Å². The smallest absolute Gasteiger partial charge is 0.263 e. The van der Waals surface area contributed by atoms with Gasteiger partial charge < -0.3 is 15.3 Å². The number of aryl methyl sites for hydroxylation is 1. The van der Waals surface area contributed by atoms with Gasteiger partial charge in [0, 0.05) is 0 Å². The Morgan fingerprint density at radius 1 is 1.32 bits per heavy atom. The molecule has 0 aliphatic rings. The molecule has 0 saturated heterocycles. The largest absolute Gasteiger partial charge is 0.493 e. The molecule has 0 unspecified atom stereocenters. The molecule has 0 bridgehead atoms. The molecule has 0 aliphatic heterocycles. The topological polar surface area (TPSA) is 99.6 Å². The van der Waals surface area contributed by atoms with Crippen LogP contribution >= 0.6 is 0 Å². The van der Waals surface area contributed by atoms with E-state index < -0.39 is 0 Å². The number of nitrogens with zero attached hydrogens (tertiary/aromatic N) is 4. The molecule has 2 rings (SSSR count). The van der Waals surface area contributed by atoms with Crippen LogP contribution in [0.4, 0.5) is 5.95 Å². The fourth-order valence-corrected chi connectivity index (χ4v) is 1.73. The molecular weight excluding hydrogens is 284 g/mol. The first-order valence-electron chi connectivity index (χ1n) is 6.82. The Morgan fingerprint density at radius 2 is 2.09 bits per heavy atom. The van der Waals surface area contributed by atoms with Gasteiger partial charge in [-0.1, -0.05) is 0 Å². The highest BCUT2D eigenvalue weighted by atomic mass is 16.5. The summed E-state index contributed by atoms with van der Waals surface area (Å²) in [6, 6.07) is 5.56. The fourth-order valence-electron chi connectivity index (χ4n) is 1.73. The van der Waals surface area contributed by atoms with Gasteiger partial charge in [0.05, 0.1) is 19.4 Å². The van der Waals surface area contributed by atoms with Crippen molar-refractivity contribution in [1.29, 1.82) is 0 Å². The lowest BCUT2D eigenvalue weighted by Gasteiger charge is -2.13. The van der Waals surface area contributed by atoms with Crippen molar-refractivity contribution in [3.05, 3.63) is 29.6 Å². The normalized spacial score (nSPS) is 11.1. The summed E-state index contributed by atoms with van der Waals surface area (Å²) in [5.74, 6) is 8.01. The van der Waals surface area contributed by atoms with E-state index in [4.69, 9.17) is 15.3 Å². The van der Waals surface area contributed by atoms with Crippen molar-refractivity contribution >= 4 is 12.2 Å². The van der Waals surface area contributed by atoms with Crippen molar-refractivity contribution in [2.24, 2.45) is 5.10 Å². The maximum absolute atomic E-state index is 5.71. The number of benzene rings is 1. The number of rotatable bonds is 6. The third-order valence-corrected chi connectivity index (χ3v) is 2.79. The van der Waals surface area contributed by atoms with Crippen LogP contribution < -0.4 is 20.7 Å². The molecule has 8 heteroatoms. The highest BCUT2D eigenvalue weighted by molar-refractivity contribution is 5.81. The average Bonchev–Trinajstić information content (AvgIpc) is 2.80. The zero-order chi connectivity index (χ0) is 16.1. The maximum atomic E-state index is 5.71. The zero-order valence-electron chi connectivity index (χ0n) is 13.1. The molecule has 22 heavy (non-hydrogen) atoms. The number of nitrogens with one attached hydrogen (secondary N) is 1. The van der Waals surface area contributed by atoms with Crippen molar-refractivity contribution in [3.63, 3.8) is 0 Å². The zero-order valence-corrected chi connectivity index (χ0v) is 13.1. The highest BCUT2D eigenvalue weighted by Crippen LogP contribution is 2.28. The summed E-state index contributed by atoms with van der Waals surface area (Å²) < 4.78 is 12.3. The van der Waals surface area contributed by atoms with Gasteiger partial charge in [-0.05, 0) is 44.5 Å². The molecule has 0 saturated carbocycles. The quantitative estimate of drug-likeness (QED) is 0.477. The first-order valence-corrected chi connectivity index (χ1v) is 6.82. The molecule has 0 radical (unpaired) electrons. The van der Waals surface area contributed by atoms with Gasteiger partial charge in [-0.2, -0.15) is 5.10 Å². The van der Waals surface area contributed by atoms with E-state index in [9.17, 15) is 0 Å². The fraction of sp³-hybridized carbons (Fsp3) is 0.357. The van der Waals surface area contributed by atoms with Crippen molar-refractivity contribution in [3.8, 4) is 11.5 Å². The van der Waals surface area contributed by atoms with Crippen molar-refractivity contribution < 1.29 is 9.47 Å². The first-order chi connectivity index (χ1) is 10.5. The second-order valence-electron chi connectivity index (χ2n) is 4.89. The summed E-state index contributed by atoms with van der Waals surface area (Å²) in [4.78, 5) is 0. The Kier molecular flexibility index (Phi) is 4.82. The number of hydrogen-bond acceptors (Lipinski definition) is 7. The van der Waals surface area contributed by atoms with Crippen molar-refractivity contribution in [1.82, 2.24) is 14.9 Å². The Hall–Kier alpha value is -2.77. The van der Waals surface area contributed by atoms with E-state index in [0.717, 1.165) is 5.56 Å². The number of anilines is 1. The van der Waals surface area contributed by atoms with Crippen LogP contribution in [0.25, 0.3) is 0 Å². The minimum atomic E-state index is 0.0780. The molecule has 8 nitrogen and oxygen atoms in total. The standard InChI is InChI=1S/C14H20N6O2/c1-9(2)22-12-6-5-11(7-13(12)21-4)8-16-18-14-19-17-10(3)20(14)15/h5-9H,15H2,1-4H3,(H,18,19)/b16-8+. The number of ether oxygens (including phenoxy) is 2. The summed E-state index contributed by atoms with van der Waals surface area (Å²) >= 11 is 0. The number of nitrogen functional groups attached to an aromatic ring is 1. The third-order valence-electron chi connectivity index (χ3n) is 2.79. The van der Waals surface area contributed by atoms with E-state index in [1.165, 1.54) is 4.68 Å². The molecular formula is C14H20N6O2. The lowest BCUT2D eigenvalue weighted by molar-refractivity contribution is 0.230. The Bertz CT molecular complexity index is 665. The lowest BCUT2D eigenvalue weighted by Crippen LogP contribution is -2.13. The van der Waals surface area contributed by atoms with Crippen LogP contribution in [0.3, 0.4) is 0 Å². The maximum Gasteiger partial charge on any atom is 0.263 e. The van der Waals surface area contributed by atoms with Gasteiger partial charge >= 0.3 is 0 Å². The third kappa shape index (κ3) is 3.66. The predicted molar refractivity (Wildman–Crippen MR) is 84.9 cm³/mol. The second kappa shape index (κ2) is 6.79. The number of methoxy groups -OCH3 is 1. The summed E-state index contributed by atoms with van der Waals surface area (Å²) in [7, 11) is 1.60. The molecule has 1 heterocycles. The van der Waals surface area contributed by atoms with E-state index in [1.807, 2.05) is 32.0 Å². The van der Waals surface area contributed by atoms with Gasteiger partial charge in [0.15, 0.2) is 17.3 Å². The van der Waals surface area contributed by atoms with Gasteiger partial charge in [-0.3, -0.25) is 0 Å². The Labute approximate surface area is 128 Å². The van der Waals surface area contributed by atoms with E-state index in [1.54, 1.807) is 20.2 Å². The van der Waals surface area contributed by atoms with Crippen LogP contribution in [0.2, 0.25) is 0 Å². The van der Waals surface area contributed by atoms with E-state index in [0.29, 0.717) is 23.3 Å². The van der Waals surface area contributed by atoms with Gasteiger partial charge in [0.2, 0.25) is 0 Å². The summed E-state index contributed by atoms with van der Waals surface area (Å²) in [6.45, 7) is 5.67. The molecule has 0 spiro atoms. The second-order valence-corrected chi connectivity index (χ2v) is 4.89. The van der Waals surface area contributed by atoms with E-state index in [-0.39, 0.29) is 6.10 Å². The van der Waals surface area contributed by atoms with Gasteiger partial charge in [-0.25, -0.2) is 10.1 Å². The molecule has 0 atom stereocenters. The van der Waals surface area contributed by atoms with Crippen LogP contribution in [-0.4, -0.2) is 34.3 Å². The van der Waals surface area contributed by atoms with E-state index >= 15 is 0 Å². The number of hydrazone groups is 1. The molecule has 3 N–H and O–H groups in total. The van der Waals surface area contributed by atoms with Crippen LogP contribution in [0.15, 0.2) is 23.3 Å². The summed E-state index contributed by atoms with van der Waals surface area (Å²) in [5.41, 5.74) is 3.58. The minimum absolute atomic E-state index is 0.0780. The molecule has 1 aromatic heterocycles. The monoisotopic (exact) mass is 304 g/mol. The van der Waals surface area contributed by atoms with Gasteiger partial charge in [0.25, 0.3) is 5.95 Å². The average molecular weight is 304 g/mol.